The quantitative estimate of drug-likeness (QED) is 0.580. The lowest BCUT2D eigenvalue weighted by Crippen LogP contribution is -2.44. The van der Waals surface area contributed by atoms with Crippen LogP contribution in [0.15, 0.2) is 18.2 Å². The lowest BCUT2D eigenvalue weighted by molar-refractivity contribution is -0.134. The smallest absolute Gasteiger partial charge is 0.315 e. The second-order valence-electron chi connectivity index (χ2n) is 8.67. The van der Waals surface area contributed by atoms with Crippen LogP contribution in [-0.4, -0.2) is 53.4 Å². The number of pyridine rings is 1. The molecule has 8 heteroatoms. The van der Waals surface area contributed by atoms with Crippen LogP contribution in [0.3, 0.4) is 0 Å². The molecule has 2 fully saturated rings. The Balaban J connectivity index is 1.35. The van der Waals surface area contributed by atoms with E-state index in [1.807, 2.05) is 19.1 Å². The molecule has 0 bridgehead atoms. The zero-order chi connectivity index (χ0) is 22.1. The van der Waals surface area contributed by atoms with E-state index in [0.717, 1.165) is 31.4 Å². The SMILES string of the molecule is Cc1cccc(NC(=O)C2CCCN(C(=O)CCCNC(=O)NC3CCCCC3)C2)n1. The summed E-state index contributed by atoms with van der Waals surface area (Å²) < 4.78 is 0. The average molecular weight is 430 g/mol. The van der Waals surface area contributed by atoms with Gasteiger partial charge in [-0.3, -0.25) is 9.59 Å². The van der Waals surface area contributed by atoms with Crippen LogP contribution < -0.4 is 16.0 Å². The number of aromatic nitrogens is 1. The highest BCUT2D eigenvalue weighted by Gasteiger charge is 2.28. The minimum Gasteiger partial charge on any atom is -0.342 e. The Morgan fingerprint density at radius 2 is 1.90 bits per heavy atom. The number of piperidine rings is 1. The van der Waals surface area contributed by atoms with E-state index in [-0.39, 0.29) is 29.8 Å². The third-order valence-corrected chi connectivity index (χ3v) is 6.08. The van der Waals surface area contributed by atoms with Crippen molar-refractivity contribution < 1.29 is 14.4 Å². The summed E-state index contributed by atoms with van der Waals surface area (Å²) in [7, 11) is 0. The van der Waals surface area contributed by atoms with Crippen LogP contribution in [0.5, 0.6) is 0 Å². The molecule has 1 aromatic heterocycles. The molecule has 1 unspecified atom stereocenters. The first-order valence-corrected chi connectivity index (χ1v) is 11.6. The highest BCUT2D eigenvalue weighted by molar-refractivity contribution is 5.92. The van der Waals surface area contributed by atoms with Gasteiger partial charge in [0.05, 0.1) is 5.92 Å². The molecule has 2 aliphatic rings. The number of rotatable bonds is 7. The summed E-state index contributed by atoms with van der Waals surface area (Å²) in [5.74, 6) is 0.280. The minimum atomic E-state index is -0.223. The topological polar surface area (TPSA) is 103 Å². The summed E-state index contributed by atoms with van der Waals surface area (Å²) >= 11 is 0. The van der Waals surface area contributed by atoms with Gasteiger partial charge in [-0.1, -0.05) is 25.3 Å². The molecular weight excluding hydrogens is 394 g/mol. The van der Waals surface area contributed by atoms with E-state index in [2.05, 4.69) is 20.9 Å². The van der Waals surface area contributed by atoms with Gasteiger partial charge in [0.15, 0.2) is 0 Å². The highest BCUT2D eigenvalue weighted by atomic mass is 16.2. The van der Waals surface area contributed by atoms with Crippen LogP contribution in [0.1, 0.15) is 63.5 Å². The maximum atomic E-state index is 12.6. The molecule has 31 heavy (non-hydrogen) atoms. The van der Waals surface area contributed by atoms with Gasteiger partial charge in [0.25, 0.3) is 0 Å². The highest BCUT2D eigenvalue weighted by Crippen LogP contribution is 2.20. The molecule has 1 atom stereocenters. The van der Waals surface area contributed by atoms with Crippen LogP contribution in [0.2, 0.25) is 0 Å². The van der Waals surface area contributed by atoms with Crippen molar-refractivity contribution in [3.63, 3.8) is 0 Å². The molecule has 1 aliphatic heterocycles. The second kappa shape index (κ2) is 11.7. The van der Waals surface area contributed by atoms with Gasteiger partial charge in [0.1, 0.15) is 5.82 Å². The fraction of sp³-hybridized carbons (Fsp3) is 0.652. The van der Waals surface area contributed by atoms with Crippen molar-refractivity contribution in [1.29, 1.82) is 0 Å². The first kappa shape index (κ1) is 23.0. The Kier molecular flexibility index (Phi) is 8.67. The summed E-state index contributed by atoms with van der Waals surface area (Å²) in [4.78, 5) is 43.3. The summed E-state index contributed by atoms with van der Waals surface area (Å²) in [5.41, 5.74) is 0.847. The summed E-state index contributed by atoms with van der Waals surface area (Å²) in [6.45, 7) is 3.47. The normalized spacial score (nSPS) is 19.5. The molecule has 4 amide bonds. The van der Waals surface area contributed by atoms with Crippen molar-refractivity contribution in [1.82, 2.24) is 20.5 Å². The number of amides is 4. The van der Waals surface area contributed by atoms with E-state index in [9.17, 15) is 14.4 Å². The van der Waals surface area contributed by atoms with Gasteiger partial charge >= 0.3 is 6.03 Å². The number of hydrogen-bond acceptors (Lipinski definition) is 4. The predicted molar refractivity (Wildman–Crippen MR) is 120 cm³/mol. The van der Waals surface area contributed by atoms with Crippen molar-refractivity contribution in [2.24, 2.45) is 5.92 Å². The lowest BCUT2D eigenvalue weighted by Gasteiger charge is -2.32. The van der Waals surface area contributed by atoms with E-state index >= 15 is 0 Å². The number of carbonyl (C=O) groups excluding carboxylic acids is 3. The van der Waals surface area contributed by atoms with Gasteiger partial charge < -0.3 is 20.9 Å². The Labute approximate surface area is 184 Å². The number of nitrogens with one attached hydrogen (secondary N) is 3. The molecule has 3 rings (SSSR count). The third kappa shape index (κ3) is 7.52. The van der Waals surface area contributed by atoms with Crippen molar-refractivity contribution in [3.8, 4) is 0 Å². The third-order valence-electron chi connectivity index (χ3n) is 6.08. The maximum Gasteiger partial charge on any atom is 0.315 e. The van der Waals surface area contributed by atoms with Crippen molar-refractivity contribution in [2.45, 2.75) is 70.8 Å². The van der Waals surface area contributed by atoms with E-state index in [4.69, 9.17) is 0 Å². The van der Waals surface area contributed by atoms with Gasteiger partial charge in [0, 0.05) is 37.8 Å². The number of carbonyl (C=O) groups is 3. The van der Waals surface area contributed by atoms with Crippen LogP contribution in [0.4, 0.5) is 10.6 Å². The number of hydrogen-bond donors (Lipinski definition) is 3. The van der Waals surface area contributed by atoms with Crippen molar-refractivity contribution in [3.05, 3.63) is 23.9 Å². The molecule has 1 saturated heterocycles. The predicted octanol–water partition coefficient (Wildman–Crippen LogP) is 2.98. The van der Waals surface area contributed by atoms with E-state index in [1.54, 1.807) is 11.0 Å². The molecule has 0 aromatic carbocycles. The van der Waals surface area contributed by atoms with Gasteiger partial charge in [-0.15, -0.1) is 0 Å². The molecule has 2 heterocycles. The Bertz CT molecular complexity index is 763. The number of urea groups is 1. The second-order valence-corrected chi connectivity index (χ2v) is 8.67. The first-order chi connectivity index (χ1) is 15.0. The lowest BCUT2D eigenvalue weighted by atomic mass is 9.96. The monoisotopic (exact) mass is 429 g/mol. The van der Waals surface area contributed by atoms with Crippen LogP contribution in [0.25, 0.3) is 0 Å². The molecule has 3 N–H and O–H groups in total. The van der Waals surface area contributed by atoms with Crippen molar-refractivity contribution in [2.75, 3.05) is 25.0 Å². The fourth-order valence-electron chi connectivity index (χ4n) is 4.34. The molecule has 170 valence electrons. The average Bonchev–Trinajstić information content (AvgIpc) is 2.77. The molecule has 8 nitrogen and oxygen atoms in total. The van der Waals surface area contributed by atoms with E-state index in [1.165, 1.54) is 19.3 Å². The minimum absolute atomic E-state index is 0.0423. The number of nitrogens with zero attached hydrogens (tertiary/aromatic N) is 2. The van der Waals surface area contributed by atoms with Gasteiger partial charge in [-0.05, 0) is 51.2 Å². The number of aryl methyl sites for hydroxylation is 1. The molecule has 0 radical (unpaired) electrons. The van der Waals surface area contributed by atoms with Gasteiger partial charge in [-0.25, -0.2) is 9.78 Å². The zero-order valence-corrected chi connectivity index (χ0v) is 18.5. The number of anilines is 1. The molecule has 0 spiro atoms. The molecule has 1 aromatic rings. The molecular formula is C23H35N5O3. The summed E-state index contributed by atoms with van der Waals surface area (Å²) in [6, 6.07) is 5.65. The Morgan fingerprint density at radius 3 is 2.68 bits per heavy atom. The Hall–Kier alpha value is -2.64. The van der Waals surface area contributed by atoms with Crippen LogP contribution in [0, 0.1) is 12.8 Å². The zero-order valence-electron chi connectivity index (χ0n) is 18.5. The molecule has 1 aliphatic carbocycles. The van der Waals surface area contributed by atoms with E-state index in [0.29, 0.717) is 38.3 Å². The standard InChI is InChI=1S/C23H35N5O3/c1-17-8-5-12-20(25-17)27-22(30)18-9-7-15-28(16-18)21(29)13-6-14-24-23(31)26-19-10-3-2-4-11-19/h5,8,12,18-19H,2-4,6-7,9-11,13-16H2,1H3,(H2,24,26,31)(H,25,27,30). The van der Waals surface area contributed by atoms with Crippen LogP contribution >= 0.6 is 0 Å². The van der Waals surface area contributed by atoms with Crippen molar-refractivity contribution >= 4 is 23.7 Å². The van der Waals surface area contributed by atoms with E-state index < -0.39 is 0 Å². The Morgan fingerprint density at radius 1 is 1.10 bits per heavy atom. The number of likely N-dealkylation sites (tertiary alicyclic amines) is 1. The van der Waals surface area contributed by atoms with Gasteiger partial charge in [-0.2, -0.15) is 0 Å². The van der Waals surface area contributed by atoms with Crippen LogP contribution in [-0.2, 0) is 9.59 Å². The van der Waals surface area contributed by atoms with Gasteiger partial charge in [0.2, 0.25) is 11.8 Å². The first-order valence-electron chi connectivity index (χ1n) is 11.6. The maximum absolute atomic E-state index is 12.6. The largest absolute Gasteiger partial charge is 0.342 e. The summed E-state index contributed by atoms with van der Waals surface area (Å²) in [5, 5.41) is 8.74. The fourth-order valence-corrected chi connectivity index (χ4v) is 4.34. The molecule has 1 saturated carbocycles. The summed E-state index contributed by atoms with van der Waals surface area (Å²) in [6.07, 6.45) is 8.26.